The summed E-state index contributed by atoms with van der Waals surface area (Å²) in [6.07, 6.45) is 1.06. The molecule has 1 heterocycles. The van der Waals surface area contributed by atoms with E-state index in [1.165, 1.54) is 0 Å². The zero-order chi connectivity index (χ0) is 9.90. The number of likely N-dealkylation sites (N-methyl/N-ethyl adjacent to an activating group) is 1. The Morgan fingerprint density at radius 3 is 2.62 bits per heavy atom. The van der Waals surface area contributed by atoms with Crippen molar-refractivity contribution in [2.75, 3.05) is 26.2 Å². The van der Waals surface area contributed by atoms with Crippen molar-refractivity contribution < 1.29 is 5.11 Å². The number of rotatable bonds is 4. The molecule has 0 aromatic heterocycles. The van der Waals surface area contributed by atoms with Gasteiger partial charge in [-0.25, -0.2) is 0 Å². The molecule has 13 heavy (non-hydrogen) atoms. The zero-order valence-corrected chi connectivity index (χ0v) is 9.01. The largest absolute Gasteiger partial charge is 0.394 e. The first-order valence-corrected chi connectivity index (χ1v) is 5.23. The minimum absolute atomic E-state index is 0.0287. The predicted octanol–water partition coefficient (Wildman–Crippen LogP) is 0.441. The summed E-state index contributed by atoms with van der Waals surface area (Å²) < 4.78 is 0. The van der Waals surface area contributed by atoms with Crippen molar-refractivity contribution in [2.45, 2.75) is 38.8 Å². The smallest absolute Gasteiger partial charge is 0.0626 e. The molecule has 1 aliphatic rings. The summed E-state index contributed by atoms with van der Waals surface area (Å²) >= 11 is 0. The fraction of sp³-hybridized carbons (Fsp3) is 1.00. The number of nitrogens with zero attached hydrogens (tertiary/aromatic N) is 1. The summed E-state index contributed by atoms with van der Waals surface area (Å²) in [5.74, 6) is 0. The maximum Gasteiger partial charge on any atom is 0.0626 e. The zero-order valence-electron chi connectivity index (χ0n) is 9.01. The molecule has 3 nitrogen and oxygen atoms in total. The molecule has 0 aromatic rings. The van der Waals surface area contributed by atoms with E-state index in [0.717, 1.165) is 26.1 Å². The van der Waals surface area contributed by atoms with Crippen LogP contribution >= 0.6 is 0 Å². The van der Waals surface area contributed by atoms with Gasteiger partial charge in [-0.3, -0.25) is 4.90 Å². The first-order valence-electron chi connectivity index (χ1n) is 5.23. The molecule has 0 saturated carbocycles. The summed E-state index contributed by atoms with van der Waals surface area (Å²) in [6.45, 7) is 9.78. The quantitative estimate of drug-likeness (QED) is 0.669. The molecule has 0 bridgehead atoms. The Balaban J connectivity index is 2.52. The maximum atomic E-state index is 9.36. The van der Waals surface area contributed by atoms with Gasteiger partial charge in [0.1, 0.15) is 0 Å². The topological polar surface area (TPSA) is 35.5 Å². The lowest BCUT2D eigenvalue weighted by Crippen LogP contribution is -2.51. The molecule has 1 atom stereocenters. The van der Waals surface area contributed by atoms with Gasteiger partial charge in [0.25, 0.3) is 0 Å². The molecule has 0 aliphatic carbocycles. The Kier molecular flexibility index (Phi) is 3.71. The van der Waals surface area contributed by atoms with Crippen molar-refractivity contribution >= 4 is 0 Å². The molecule has 1 aliphatic heterocycles. The van der Waals surface area contributed by atoms with Crippen LogP contribution in [0.3, 0.4) is 0 Å². The molecular formula is C10H22N2O. The van der Waals surface area contributed by atoms with Gasteiger partial charge in [0.2, 0.25) is 0 Å². The lowest BCUT2D eigenvalue weighted by atomic mass is 10.00. The van der Waals surface area contributed by atoms with Crippen molar-refractivity contribution in [3.8, 4) is 0 Å². The van der Waals surface area contributed by atoms with E-state index in [1.54, 1.807) is 0 Å². The van der Waals surface area contributed by atoms with Gasteiger partial charge in [0, 0.05) is 19.1 Å². The molecule has 1 rings (SSSR count). The average Bonchev–Trinajstić information content (AvgIpc) is 2.51. The number of nitrogens with one attached hydrogen (secondary N) is 1. The van der Waals surface area contributed by atoms with Gasteiger partial charge < -0.3 is 10.4 Å². The summed E-state index contributed by atoms with van der Waals surface area (Å²) in [7, 11) is 0. The van der Waals surface area contributed by atoms with E-state index >= 15 is 0 Å². The second-order valence-electron chi connectivity index (χ2n) is 4.28. The predicted molar refractivity (Wildman–Crippen MR) is 54.8 cm³/mol. The van der Waals surface area contributed by atoms with Gasteiger partial charge in [0.15, 0.2) is 0 Å². The van der Waals surface area contributed by atoms with Gasteiger partial charge in [-0.2, -0.15) is 0 Å². The fourth-order valence-electron chi connectivity index (χ4n) is 2.05. The van der Waals surface area contributed by atoms with Crippen molar-refractivity contribution in [2.24, 2.45) is 0 Å². The van der Waals surface area contributed by atoms with Crippen LogP contribution in [0.1, 0.15) is 27.2 Å². The van der Waals surface area contributed by atoms with E-state index in [9.17, 15) is 5.11 Å². The standard InChI is InChI=1S/C10H22N2O/c1-4-11-10(8-13)5-6-12(7-10)9(2)3/h9,11,13H,4-8H2,1-3H3. The van der Waals surface area contributed by atoms with Crippen LogP contribution < -0.4 is 5.32 Å². The maximum absolute atomic E-state index is 9.36. The minimum Gasteiger partial charge on any atom is -0.394 e. The molecular weight excluding hydrogens is 164 g/mol. The molecule has 0 amide bonds. The third-order valence-corrected chi connectivity index (χ3v) is 2.97. The Morgan fingerprint density at radius 2 is 2.23 bits per heavy atom. The van der Waals surface area contributed by atoms with Crippen LogP contribution in [0.4, 0.5) is 0 Å². The highest BCUT2D eigenvalue weighted by molar-refractivity contribution is 4.97. The van der Waals surface area contributed by atoms with Gasteiger partial charge in [-0.15, -0.1) is 0 Å². The van der Waals surface area contributed by atoms with Gasteiger partial charge in [0.05, 0.1) is 12.1 Å². The molecule has 2 N–H and O–H groups in total. The monoisotopic (exact) mass is 186 g/mol. The van der Waals surface area contributed by atoms with E-state index < -0.39 is 0 Å². The first kappa shape index (κ1) is 11.0. The van der Waals surface area contributed by atoms with Crippen LogP contribution in [-0.2, 0) is 0 Å². The third-order valence-electron chi connectivity index (χ3n) is 2.97. The third kappa shape index (κ3) is 2.42. The number of hydrogen-bond donors (Lipinski definition) is 2. The summed E-state index contributed by atoms with van der Waals surface area (Å²) in [4.78, 5) is 2.42. The van der Waals surface area contributed by atoms with Crippen LogP contribution in [-0.4, -0.2) is 47.8 Å². The van der Waals surface area contributed by atoms with E-state index in [1.807, 2.05) is 0 Å². The second kappa shape index (κ2) is 4.40. The van der Waals surface area contributed by atoms with Crippen molar-refractivity contribution in [3.63, 3.8) is 0 Å². The van der Waals surface area contributed by atoms with Crippen LogP contribution in [0.15, 0.2) is 0 Å². The van der Waals surface area contributed by atoms with E-state index in [-0.39, 0.29) is 12.1 Å². The first-order chi connectivity index (χ1) is 6.13. The molecule has 0 radical (unpaired) electrons. The van der Waals surface area contributed by atoms with Crippen LogP contribution in [0.25, 0.3) is 0 Å². The molecule has 1 saturated heterocycles. The van der Waals surface area contributed by atoms with Crippen LogP contribution in [0.2, 0.25) is 0 Å². The van der Waals surface area contributed by atoms with Gasteiger partial charge >= 0.3 is 0 Å². The molecule has 78 valence electrons. The molecule has 0 spiro atoms. The highest BCUT2D eigenvalue weighted by Crippen LogP contribution is 2.22. The van der Waals surface area contributed by atoms with Gasteiger partial charge in [-0.05, 0) is 26.8 Å². The highest BCUT2D eigenvalue weighted by atomic mass is 16.3. The summed E-state index contributed by atoms with van der Waals surface area (Å²) in [5, 5.41) is 12.8. The fourth-order valence-corrected chi connectivity index (χ4v) is 2.05. The summed E-state index contributed by atoms with van der Waals surface area (Å²) in [5.41, 5.74) is -0.0287. The Bertz CT molecular complexity index is 161. The van der Waals surface area contributed by atoms with Crippen LogP contribution in [0.5, 0.6) is 0 Å². The number of likely N-dealkylation sites (tertiary alicyclic amines) is 1. The van der Waals surface area contributed by atoms with E-state index in [4.69, 9.17) is 0 Å². The lowest BCUT2D eigenvalue weighted by molar-refractivity contribution is 0.155. The van der Waals surface area contributed by atoms with Crippen molar-refractivity contribution in [1.82, 2.24) is 10.2 Å². The second-order valence-corrected chi connectivity index (χ2v) is 4.28. The average molecular weight is 186 g/mol. The van der Waals surface area contributed by atoms with Gasteiger partial charge in [-0.1, -0.05) is 6.92 Å². The number of aliphatic hydroxyl groups excluding tert-OH is 1. The normalized spacial score (nSPS) is 30.2. The SMILES string of the molecule is CCNC1(CO)CCN(C(C)C)C1. The Labute approximate surface area is 81.1 Å². The molecule has 1 unspecified atom stereocenters. The molecule has 3 heteroatoms. The summed E-state index contributed by atoms with van der Waals surface area (Å²) in [6, 6.07) is 0.590. The number of hydrogen-bond acceptors (Lipinski definition) is 3. The van der Waals surface area contributed by atoms with Crippen LogP contribution in [0, 0.1) is 0 Å². The lowest BCUT2D eigenvalue weighted by Gasteiger charge is -2.29. The minimum atomic E-state index is -0.0287. The van der Waals surface area contributed by atoms with E-state index in [2.05, 4.69) is 31.0 Å². The van der Waals surface area contributed by atoms with Crippen molar-refractivity contribution in [1.29, 1.82) is 0 Å². The van der Waals surface area contributed by atoms with Crippen molar-refractivity contribution in [3.05, 3.63) is 0 Å². The molecule has 1 fully saturated rings. The number of aliphatic hydroxyl groups is 1. The molecule has 0 aromatic carbocycles. The Morgan fingerprint density at radius 1 is 1.54 bits per heavy atom. The van der Waals surface area contributed by atoms with E-state index in [0.29, 0.717) is 6.04 Å². The Hall–Kier alpha value is -0.120. The highest BCUT2D eigenvalue weighted by Gasteiger charge is 2.37.